The van der Waals surface area contributed by atoms with Crippen molar-refractivity contribution in [1.29, 1.82) is 0 Å². The van der Waals surface area contributed by atoms with Crippen LogP contribution < -0.4 is 0 Å². The third-order valence-corrected chi connectivity index (χ3v) is 3.76. The van der Waals surface area contributed by atoms with Crippen LogP contribution in [-0.4, -0.2) is 35.0 Å². The van der Waals surface area contributed by atoms with E-state index in [1.54, 1.807) is 4.90 Å². The SMILES string of the molecule is CCC(C=O)N(C(=O)OC(C)(C)C)C1CCCCCC1. The van der Waals surface area contributed by atoms with Crippen molar-refractivity contribution in [2.24, 2.45) is 0 Å². The average Bonchev–Trinajstić information content (AvgIpc) is 2.62. The number of nitrogens with zero attached hydrogens (tertiary/aromatic N) is 1. The maximum atomic E-state index is 12.5. The van der Waals surface area contributed by atoms with Crippen molar-refractivity contribution >= 4 is 12.4 Å². The quantitative estimate of drug-likeness (QED) is 0.580. The highest BCUT2D eigenvalue weighted by Gasteiger charge is 2.33. The molecule has 0 radical (unpaired) electrons. The van der Waals surface area contributed by atoms with Crippen LogP contribution >= 0.6 is 0 Å². The Balaban J connectivity index is 2.88. The minimum Gasteiger partial charge on any atom is -0.444 e. The van der Waals surface area contributed by atoms with Gasteiger partial charge in [0, 0.05) is 6.04 Å². The molecule has 0 aromatic carbocycles. The van der Waals surface area contributed by atoms with Crippen LogP contribution in [0.4, 0.5) is 4.79 Å². The molecular weight excluding hydrogens is 254 g/mol. The van der Waals surface area contributed by atoms with Crippen LogP contribution in [0.5, 0.6) is 0 Å². The molecule has 4 heteroatoms. The van der Waals surface area contributed by atoms with Crippen molar-refractivity contribution in [3.63, 3.8) is 0 Å². The van der Waals surface area contributed by atoms with Gasteiger partial charge in [-0.3, -0.25) is 4.90 Å². The zero-order chi connectivity index (χ0) is 15.2. The highest BCUT2D eigenvalue weighted by atomic mass is 16.6. The van der Waals surface area contributed by atoms with Gasteiger partial charge in [-0.1, -0.05) is 32.6 Å². The Labute approximate surface area is 122 Å². The Kier molecular flexibility index (Phi) is 6.50. The number of ether oxygens (including phenoxy) is 1. The summed E-state index contributed by atoms with van der Waals surface area (Å²) in [5, 5.41) is 0. The fourth-order valence-electron chi connectivity index (χ4n) is 2.76. The first kappa shape index (κ1) is 17.0. The Morgan fingerprint density at radius 1 is 1.25 bits per heavy atom. The van der Waals surface area contributed by atoms with Gasteiger partial charge in [0.15, 0.2) is 0 Å². The second-order valence-electron chi connectivity index (χ2n) is 6.64. The standard InChI is InChI=1S/C16H29NO3/c1-5-13(12-18)17(15(19)20-16(2,3)4)14-10-8-6-7-9-11-14/h12-14H,5-11H2,1-4H3. The lowest BCUT2D eigenvalue weighted by Gasteiger charge is -2.36. The maximum absolute atomic E-state index is 12.5. The van der Waals surface area contributed by atoms with E-state index in [1.807, 2.05) is 27.7 Å². The minimum atomic E-state index is -0.527. The minimum absolute atomic E-state index is 0.141. The molecule has 1 amide bonds. The lowest BCUT2D eigenvalue weighted by molar-refractivity contribution is -0.113. The molecule has 1 saturated carbocycles. The van der Waals surface area contributed by atoms with Gasteiger partial charge in [0.25, 0.3) is 0 Å². The first-order chi connectivity index (χ1) is 9.39. The third kappa shape index (κ3) is 5.14. The zero-order valence-corrected chi connectivity index (χ0v) is 13.4. The van der Waals surface area contributed by atoms with Crippen molar-refractivity contribution in [3.05, 3.63) is 0 Å². The predicted octanol–water partition coefficient (Wildman–Crippen LogP) is 3.92. The van der Waals surface area contributed by atoms with E-state index in [0.717, 1.165) is 32.0 Å². The maximum Gasteiger partial charge on any atom is 0.411 e. The first-order valence-corrected chi connectivity index (χ1v) is 7.85. The van der Waals surface area contributed by atoms with Crippen LogP contribution in [0.3, 0.4) is 0 Å². The summed E-state index contributed by atoms with van der Waals surface area (Å²) in [5.41, 5.74) is -0.527. The summed E-state index contributed by atoms with van der Waals surface area (Å²) in [6, 6.07) is -0.226. The second kappa shape index (κ2) is 7.65. The molecular formula is C16H29NO3. The van der Waals surface area contributed by atoms with Crippen LogP contribution in [0, 0.1) is 0 Å². The molecule has 4 nitrogen and oxygen atoms in total. The fourth-order valence-corrected chi connectivity index (χ4v) is 2.76. The molecule has 116 valence electrons. The number of amides is 1. The molecule has 0 aromatic heterocycles. The summed E-state index contributed by atoms with van der Waals surface area (Å²) in [5.74, 6) is 0. The normalized spacial score (nSPS) is 19.0. The molecule has 1 atom stereocenters. The zero-order valence-electron chi connectivity index (χ0n) is 13.4. The highest BCUT2D eigenvalue weighted by molar-refractivity contribution is 5.74. The molecule has 20 heavy (non-hydrogen) atoms. The van der Waals surface area contributed by atoms with Gasteiger partial charge >= 0.3 is 6.09 Å². The van der Waals surface area contributed by atoms with Gasteiger partial charge in [0.1, 0.15) is 11.9 Å². The van der Waals surface area contributed by atoms with E-state index in [1.165, 1.54) is 12.8 Å². The first-order valence-electron chi connectivity index (χ1n) is 7.85. The number of hydrogen-bond acceptors (Lipinski definition) is 3. The van der Waals surface area contributed by atoms with Crippen LogP contribution in [0.15, 0.2) is 0 Å². The lowest BCUT2D eigenvalue weighted by atomic mass is 10.0. The van der Waals surface area contributed by atoms with Crippen molar-refractivity contribution in [3.8, 4) is 0 Å². The fraction of sp³-hybridized carbons (Fsp3) is 0.875. The Morgan fingerprint density at radius 3 is 2.20 bits per heavy atom. The van der Waals surface area contributed by atoms with Crippen LogP contribution in [-0.2, 0) is 9.53 Å². The van der Waals surface area contributed by atoms with Crippen molar-refractivity contribution < 1.29 is 14.3 Å². The molecule has 0 spiro atoms. The van der Waals surface area contributed by atoms with E-state index in [9.17, 15) is 9.59 Å². The summed E-state index contributed by atoms with van der Waals surface area (Å²) in [6.45, 7) is 7.52. The van der Waals surface area contributed by atoms with E-state index >= 15 is 0 Å². The van der Waals surface area contributed by atoms with Gasteiger partial charge < -0.3 is 9.53 Å². The van der Waals surface area contributed by atoms with Gasteiger partial charge in [-0.25, -0.2) is 4.79 Å². The van der Waals surface area contributed by atoms with Crippen molar-refractivity contribution in [2.45, 2.75) is 90.3 Å². The summed E-state index contributed by atoms with van der Waals surface area (Å²) < 4.78 is 5.51. The molecule has 0 aromatic rings. The second-order valence-corrected chi connectivity index (χ2v) is 6.64. The summed E-state index contributed by atoms with van der Waals surface area (Å²) in [7, 11) is 0. The van der Waals surface area contributed by atoms with Gasteiger partial charge in [0.2, 0.25) is 0 Å². The Morgan fingerprint density at radius 2 is 1.80 bits per heavy atom. The van der Waals surface area contributed by atoms with Crippen LogP contribution in [0.25, 0.3) is 0 Å². The molecule has 1 fully saturated rings. The van der Waals surface area contributed by atoms with Gasteiger partial charge in [-0.2, -0.15) is 0 Å². The highest BCUT2D eigenvalue weighted by Crippen LogP contribution is 2.25. The molecule has 0 aliphatic heterocycles. The van der Waals surface area contributed by atoms with Gasteiger partial charge in [0.05, 0.1) is 6.04 Å². The summed E-state index contributed by atoms with van der Waals surface area (Å²) >= 11 is 0. The molecule has 0 N–H and O–H groups in total. The van der Waals surface area contributed by atoms with Crippen molar-refractivity contribution in [2.75, 3.05) is 0 Å². The van der Waals surface area contributed by atoms with Crippen molar-refractivity contribution in [1.82, 2.24) is 4.90 Å². The van der Waals surface area contributed by atoms with Gasteiger partial charge in [-0.05, 0) is 40.0 Å². The number of hydrogen-bond donors (Lipinski definition) is 0. The van der Waals surface area contributed by atoms with Gasteiger partial charge in [-0.15, -0.1) is 0 Å². The predicted molar refractivity (Wildman–Crippen MR) is 79.7 cm³/mol. The van der Waals surface area contributed by atoms with Crippen LogP contribution in [0.1, 0.15) is 72.6 Å². The molecule has 0 saturated heterocycles. The monoisotopic (exact) mass is 283 g/mol. The Hall–Kier alpha value is -1.06. The third-order valence-electron chi connectivity index (χ3n) is 3.76. The van der Waals surface area contributed by atoms with E-state index in [-0.39, 0.29) is 18.2 Å². The van der Waals surface area contributed by atoms with E-state index in [0.29, 0.717) is 6.42 Å². The summed E-state index contributed by atoms with van der Waals surface area (Å²) in [4.78, 5) is 25.5. The molecule has 0 heterocycles. The lowest BCUT2D eigenvalue weighted by Crippen LogP contribution is -2.49. The molecule has 1 unspecified atom stereocenters. The number of carbonyl (C=O) groups excluding carboxylic acids is 2. The molecule has 1 aliphatic carbocycles. The van der Waals surface area contributed by atoms with E-state index in [2.05, 4.69) is 0 Å². The van der Waals surface area contributed by atoms with E-state index < -0.39 is 5.60 Å². The molecule has 0 bridgehead atoms. The largest absolute Gasteiger partial charge is 0.444 e. The van der Waals surface area contributed by atoms with Crippen LogP contribution in [0.2, 0.25) is 0 Å². The number of carbonyl (C=O) groups is 2. The topological polar surface area (TPSA) is 46.6 Å². The number of rotatable bonds is 4. The Bertz CT molecular complexity index is 314. The number of aldehydes is 1. The smallest absolute Gasteiger partial charge is 0.411 e. The molecule has 1 rings (SSSR count). The molecule has 1 aliphatic rings. The van der Waals surface area contributed by atoms with E-state index in [4.69, 9.17) is 4.74 Å². The summed E-state index contributed by atoms with van der Waals surface area (Å²) in [6.07, 6.45) is 7.82. The average molecular weight is 283 g/mol.